The maximum absolute atomic E-state index is 10.9. The first-order chi connectivity index (χ1) is 5.13. The average molecular weight is 279 g/mol. The molecule has 0 saturated carbocycles. The van der Waals surface area contributed by atoms with Crippen molar-refractivity contribution in [3.8, 4) is 0 Å². The maximum Gasteiger partial charge on any atom is 0.161 e. The Kier molecular flexibility index (Phi) is 2.78. The van der Waals surface area contributed by atoms with Crippen molar-refractivity contribution in [3.63, 3.8) is 0 Å². The van der Waals surface area contributed by atoms with Gasteiger partial charge >= 0.3 is 0 Å². The summed E-state index contributed by atoms with van der Waals surface area (Å²) in [6.07, 6.45) is 1.59. The molecule has 0 unspecified atom stereocenters. The number of hydrogen-bond donors (Lipinski definition) is 0. The van der Waals surface area contributed by atoms with Gasteiger partial charge in [-0.1, -0.05) is 0 Å². The molecule has 0 radical (unpaired) electrons. The predicted molar refractivity (Wildman–Crippen MR) is 49.6 cm³/mol. The molecule has 1 aromatic heterocycles. The Bertz CT molecular complexity index is 298. The Morgan fingerprint density at radius 2 is 2.18 bits per heavy atom. The fourth-order valence-electron chi connectivity index (χ4n) is 0.690. The summed E-state index contributed by atoms with van der Waals surface area (Å²) >= 11 is 6.45. The van der Waals surface area contributed by atoms with Gasteiger partial charge in [0, 0.05) is 11.8 Å². The van der Waals surface area contributed by atoms with Crippen LogP contribution in [0.4, 0.5) is 0 Å². The molecule has 1 heterocycles. The van der Waals surface area contributed by atoms with Gasteiger partial charge in [-0.3, -0.25) is 4.79 Å². The summed E-state index contributed by atoms with van der Waals surface area (Å²) in [7, 11) is 0. The Hall–Kier alpha value is -0.220. The molecule has 0 saturated heterocycles. The van der Waals surface area contributed by atoms with E-state index in [0.29, 0.717) is 14.6 Å². The predicted octanol–water partition coefficient (Wildman–Crippen LogP) is 2.81. The molecule has 1 rings (SSSR count). The van der Waals surface area contributed by atoms with E-state index < -0.39 is 0 Å². The van der Waals surface area contributed by atoms with Crippen molar-refractivity contribution in [2.75, 3.05) is 0 Å². The van der Waals surface area contributed by atoms with Gasteiger partial charge in [0.1, 0.15) is 4.60 Å². The molecule has 0 bridgehead atoms. The van der Waals surface area contributed by atoms with E-state index in [1.54, 1.807) is 12.3 Å². The van der Waals surface area contributed by atoms with Crippen molar-refractivity contribution >= 4 is 37.6 Å². The van der Waals surface area contributed by atoms with Crippen LogP contribution in [0.3, 0.4) is 0 Å². The van der Waals surface area contributed by atoms with Gasteiger partial charge in [-0.05, 0) is 44.8 Å². The third-order valence-corrected chi connectivity index (χ3v) is 3.16. The van der Waals surface area contributed by atoms with E-state index in [9.17, 15) is 4.79 Å². The van der Waals surface area contributed by atoms with Gasteiger partial charge < -0.3 is 0 Å². The summed E-state index contributed by atoms with van der Waals surface area (Å²) in [4.78, 5) is 14.9. The fraction of sp³-hybridized carbons (Fsp3) is 0.143. The molecule has 0 atom stereocenters. The Labute approximate surface area is 81.3 Å². The quantitative estimate of drug-likeness (QED) is 0.584. The average Bonchev–Trinajstić information content (AvgIpc) is 1.94. The highest BCUT2D eigenvalue weighted by atomic mass is 79.9. The van der Waals surface area contributed by atoms with E-state index in [1.165, 1.54) is 6.92 Å². The van der Waals surface area contributed by atoms with Gasteiger partial charge in [-0.2, -0.15) is 0 Å². The topological polar surface area (TPSA) is 30.0 Å². The first-order valence-corrected chi connectivity index (χ1v) is 4.52. The highest BCUT2D eigenvalue weighted by Gasteiger charge is 2.07. The minimum Gasteiger partial charge on any atom is -0.294 e. The molecule has 0 aromatic carbocycles. The van der Waals surface area contributed by atoms with Crippen molar-refractivity contribution in [3.05, 3.63) is 26.9 Å². The molecule has 0 amide bonds. The van der Waals surface area contributed by atoms with E-state index in [1.807, 2.05) is 0 Å². The zero-order valence-corrected chi connectivity index (χ0v) is 8.94. The summed E-state index contributed by atoms with van der Waals surface area (Å²) < 4.78 is 1.37. The lowest BCUT2D eigenvalue weighted by Gasteiger charge is -1.99. The van der Waals surface area contributed by atoms with Crippen LogP contribution in [-0.2, 0) is 0 Å². The lowest BCUT2D eigenvalue weighted by Crippen LogP contribution is -1.94. The van der Waals surface area contributed by atoms with Crippen molar-refractivity contribution in [2.24, 2.45) is 0 Å². The minimum atomic E-state index is 0.0278. The van der Waals surface area contributed by atoms with Crippen LogP contribution in [0.1, 0.15) is 17.3 Å². The molecule has 0 aliphatic rings. The summed E-state index contributed by atoms with van der Waals surface area (Å²) in [6, 6.07) is 1.68. The number of aromatic nitrogens is 1. The number of rotatable bonds is 1. The number of ketones is 1. The standard InChI is InChI=1S/C7H5Br2NO/c1-4(11)5-2-3-10-7(9)6(5)8/h2-3H,1H3. The van der Waals surface area contributed by atoms with Crippen molar-refractivity contribution < 1.29 is 4.79 Å². The maximum atomic E-state index is 10.9. The van der Waals surface area contributed by atoms with Gasteiger partial charge in [0.05, 0.1) is 4.47 Å². The largest absolute Gasteiger partial charge is 0.294 e. The second kappa shape index (κ2) is 3.45. The van der Waals surface area contributed by atoms with Crippen LogP contribution >= 0.6 is 31.9 Å². The summed E-state index contributed by atoms with van der Waals surface area (Å²) in [5, 5.41) is 0. The first-order valence-electron chi connectivity index (χ1n) is 2.94. The second-order valence-corrected chi connectivity index (χ2v) is 3.56. The fourth-order valence-corrected chi connectivity index (χ4v) is 1.54. The third kappa shape index (κ3) is 1.87. The van der Waals surface area contributed by atoms with Crippen LogP contribution in [0.2, 0.25) is 0 Å². The number of carbonyl (C=O) groups excluding carboxylic acids is 1. The van der Waals surface area contributed by atoms with E-state index >= 15 is 0 Å². The molecule has 58 valence electrons. The Balaban J connectivity index is 3.27. The summed E-state index contributed by atoms with van der Waals surface area (Å²) in [5.41, 5.74) is 0.645. The van der Waals surface area contributed by atoms with Crippen molar-refractivity contribution in [1.29, 1.82) is 0 Å². The Morgan fingerprint density at radius 3 is 2.64 bits per heavy atom. The SMILES string of the molecule is CC(=O)c1ccnc(Br)c1Br. The monoisotopic (exact) mass is 277 g/mol. The molecule has 2 nitrogen and oxygen atoms in total. The van der Waals surface area contributed by atoms with Gasteiger partial charge in [0.25, 0.3) is 0 Å². The Morgan fingerprint density at radius 1 is 1.55 bits per heavy atom. The molecule has 0 N–H and O–H groups in total. The first kappa shape index (κ1) is 8.87. The normalized spacial score (nSPS) is 9.73. The van der Waals surface area contributed by atoms with E-state index in [-0.39, 0.29) is 5.78 Å². The summed E-state index contributed by atoms with van der Waals surface area (Å²) in [5.74, 6) is 0.0278. The highest BCUT2D eigenvalue weighted by Crippen LogP contribution is 2.24. The zero-order valence-electron chi connectivity index (χ0n) is 5.77. The number of Topliss-reactive ketones (excluding diaryl/α,β-unsaturated/α-hetero) is 1. The number of nitrogens with zero attached hydrogens (tertiary/aromatic N) is 1. The molecule has 0 spiro atoms. The number of halogens is 2. The molecular weight excluding hydrogens is 274 g/mol. The number of pyridine rings is 1. The van der Waals surface area contributed by atoms with E-state index in [4.69, 9.17) is 0 Å². The molecule has 1 aromatic rings. The van der Waals surface area contributed by atoms with Crippen molar-refractivity contribution in [1.82, 2.24) is 4.98 Å². The smallest absolute Gasteiger partial charge is 0.161 e. The lowest BCUT2D eigenvalue weighted by atomic mass is 10.2. The minimum absolute atomic E-state index is 0.0278. The number of hydrogen-bond acceptors (Lipinski definition) is 2. The molecule has 0 aliphatic carbocycles. The van der Waals surface area contributed by atoms with Gasteiger partial charge in [0.15, 0.2) is 5.78 Å². The second-order valence-electron chi connectivity index (χ2n) is 2.02. The van der Waals surface area contributed by atoms with Crippen LogP contribution in [0, 0.1) is 0 Å². The zero-order chi connectivity index (χ0) is 8.43. The van der Waals surface area contributed by atoms with Crippen molar-refractivity contribution in [2.45, 2.75) is 6.92 Å². The van der Waals surface area contributed by atoms with E-state index in [2.05, 4.69) is 36.8 Å². The van der Waals surface area contributed by atoms with Crippen LogP contribution in [0.5, 0.6) is 0 Å². The van der Waals surface area contributed by atoms with Crippen LogP contribution in [0.25, 0.3) is 0 Å². The van der Waals surface area contributed by atoms with Gasteiger partial charge in [-0.25, -0.2) is 4.98 Å². The van der Waals surface area contributed by atoms with E-state index in [0.717, 1.165) is 0 Å². The summed E-state index contributed by atoms with van der Waals surface area (Å²) in [6.45, 7) is 1.52. The highest BCUT2D eigenvalue weighted by molar-refractivity contribution is 9.13. The number of carbonyl (C=O) groups is 1. The third-order valence-electron chi connectivity index (χ3n) is 1.23. The van der Waals surface area contributed by atoms with Crippen LogP contribution < -0.4 is 0 Å². The van der Waals surface area contributed by atoms with Gasteiger partial charge in [0.2, 0.25) is 0 Å². The molecule has 11 heavy (non-hydrogen) atoms. The molecule has 4 heteroatoms. The van der Waals surface area contributed by atoms with Crippen LogP contribution in [0.15, 0.2) is 21.3 Å². The van der Waals surface area contributed by atoms with Gasteiger partial charge in [-0.15, -0.1) is 0 Å². The molecular formula is C7H5Br2NO. The molecule has 0 aliphatic heterocycles. The molecule has 0 fully saturated rings. The lowest BCUT2D eigenvalue weighted by molar-refractivity contribution is 0.101. The van der Waals surface area contributed by atoms with Crippen LogP contribution in [-0.4, -0.2) is 10.8 Å².